The Kier molecular flexibility index (Phi) is 5.56. The molecular formula is C24H22FN3O3S. The van der Waals surface area contributed by atoms with E-state index in [0.29, 0.717) is 22.1 Å². The van der Waals surface area contributed by atoms with Crippen molar-refractivity contribution >= 4 is 44.4 Å². The first-order valence-electron chi connectivity index (χ1n) is 9.93. The fourth-order valence-electron chi connectivity index (χ4n) is 3.68. The van der Waals surface area contributed by atoms with Crippen LogP contribution >= 0.6 is 0 Å². The lowest BCUT2D eigenvalue weighted by molar-refractivity contribution is 0.0908. The molecule has 6 nitrogen and oxygen atoms in total. The zero-order chi connectivity index (χ0) is 23.0. The molecular weight excluding hydrogens is 429 g/mol. The Hall–Kier alpha value is -3.52. The lowest BCUT2D eigenvalue weighted by atomic mass is 9.93. The summed E-state index contributed by atoms with van der Waals surface area (Å²) in [5.41, 5.74) is 1.09. The topological polar surface area (TPSA) is 91.1 Å². The summed E-state index contributed by atoms with van der Waals surface area (Å²) >= 11 is 0. The van der Waals surface area contributed by atoms with Crippen LogP contribution in [0.25, 0.3) is 21.8 Å². The van der Waals surface area contributed by atoms with E-state index in [1.807, 2.05) is 6.07 Å². The van der Waals surface area contributed by atoms with Crippen molar-refractivity contribution in [2.45, 2.75) is 19.4 Å². The number of carbonyl (C=O) groups is 1. The Balaban J connectivity index is 1.70. The number of H-pyrrole nitrogens is 1. The van der Waals surface area contributed by atoms with Gasteiger partial charge in [0, 0.05) is 28.2 Å². The molecule has 0 saturated heterocycles. The van der Waals surface area contributed by atoms with Crippen LogP contribution in [0.4, 0.5) is 10.1 Å². The smallest absolute Gasteiger partial charge is 0.255 e. The van der Waals surface area contributed by atoms with Crippen molar-refractivity contribution in [3.05, 3.63) is 87.8 Å². The van der Waals surface area contributed by atoms with Gasteiger partial charge in [-0.3, -0.25) is 9.59 Å². The maximum atomic E-state index is 14.9. The van der Waals surface area contributed by atoms with Gasteiger partial charge in [-0.2, -0.15) is 0 Å². The number of amides is 1. The second kappa shape index (κ2) is 8.20. The highest BCUT2D eigenvalue weighted by Crippen LogP contribution is 2.25. The SMILES string of the molecule is CS(=O)Nc1cccc(C(C)(C)NC(=O)c2cc3[nH]c4ccccc4c(=O)c3cc2F)c1. The number of carbonyl (C=O) groups excluding carboxylic acids is 1. The number of halogens is 1. The van der Waals surface area contributed by atoms with E-state index in [-0.39, 0.29) is 16.4 Å². The van der Waals surface area contributed by atoms with Gasteiger partial charge >= 0.3 is 0 Å². The van der Waals surface area contributed by atoms with Gasteiger partial charge in [-0.05, 0) is 55.8 Å². The van der Waals surface area contributed by atoms with Crippen molar-refractivity contribution in [1.29, 1.82) is 0 Å². The second-order valence-electron chi connectivity index (χ2n) is 8.09. The molecule has 0 spiro atoms. The number of hydrogen-bond donors (Lipinski definition) is 3. The molecule has 0 fully saturated rings. The summed E-state index contributed by atoms with van der Waals surface area (Å²) in [4.78, 5) is 28.8. The molecule has 8 heteroatoms. The minimum atomic E-state index is -1.24. The van der Waals surface area contributed by atoms with Crippen LogP contribution in [0.1, 0.15) is 29.8 Å². The van der Waals surface area contributed by atoms with Crippen LogP contribution < -0.4 is 15.5 Å². The fraction of sp³-hybridized carbons (Fsp3) is 0.167. The summed E-state index contributed by atoms with van der Waals surface area (Å²) in [7, 11) is -1.24. The van der Waals surface area contributed by atoms with Gasteiger partial charge in [-0.15, -0.1) is 0 Å². The number of aromatic nitrogens is 1. The highest BCUT2D eigenvalue weighted by Gasteiger charge is 2.26. The average Bonchev–Trinajstić information content (AvgIpc) is 2.73. The summed E-state index contributed by atoms with van der Waals surface area (Å²) < 4.78 is 29.1. The number of benzene rings is 3. The number of para-hydroxylation sites is 1. The van der Waals surface area contributed by atoms with Gasteiger partial charge < -0.3 is 15.0 Å². The van der Waals surface area contributed by atoms with Crippen molar-refractivity contribution in [3.8, 4) is 0 Å². The van der Waals surface area contributed by atoms with E-state index in [1.54, 1.807) is 56.3 Å². The van der Waals surface area contributed by atoms with Gasteiger partial charge in [-0.1, -0.05) is 24.3 Å². The summed E-state index contributed by atoms with van der Waals surface area (Å²) in [5.74, 6) is -1.38. The maximum Gasteiger partial charge on any atom is 0.255 e. The molecule has 4 rings (SSSR count). The zero-order valence-electron chi connectivity index (χ0n) is 17.8. The Labute approximate surface area is 186 Å². The molecule has 3 aromatic carbocycles. The molecule has 0 radical (unpaired) electrons. The van der Waals surface area contributed by atoms with Crippen LogP contribution in [-0.4, -0.2) is 21.4 Å². The minimum Gasteiger partial charge on any atom is -0.354 e. The number of aromatic amines is 1. The Morgan fingerprint density at radius 1 is 1.00 bits per heavy atom. The molecule has 3 N–H and O–H groups in total. The van der Waals surface area contributed by atoms with E-state index in [0.717, 1.165) is 11.6 Å². The number of fused-ring (bicyclic) bond motifs is 2. The molecule has 164 valence electrons. The molecule has 1 atom stereocenters. The fourth-order valence-corrected chi connectivity index (χ4v) is 4.14. The number of hydrogen-bond acceptors (Lipinski definition) is 3. The first-order chi connectivity index (χ1) is 15.2. The monoisotopic (exact) mass is 451 g/mol. The Morgan fingerprint density at radius 3 is 2.50 bits per heavy atom. The summed E-state index contributed by atoms with van der Waals surface area (Å²) in [6.45, 7) is 3.59. The van der Waals surface area contributed by atoms with Gasteiger partial charge in [0.25, 0.3) is 5.91 Å². The van der Waals surface area contributed by atoms with E-state index in [9.17, 15) is 18.2 Å². The maximum absolute atomic E-state index is 14.9. The van der Waals surface area contributed by atoms with Gasteiger partial charge in [0.1, 0.15) is 16.8 Å². The minimum absolute atomic E-state index is 0.166. The van der Waals surface area contributed by atoms with Crippen LogP contribution in [0.3, 0.4) is 0 Å². The molecule has 0 bridgehead atoms. The van der Waals surface area contributed by atoms with Crippen molar-refractivity contribution in [2.75, 3.05) is 11.0 Å². The van der Waals surface area contributed by atoms with Gasteiger partial charge in [0.05, 0.1) is 16.6 Å². The average molecular weight is 452 g/mol. The number of anilines is 1. The lowest BCUT2D eigenvalue weighted by Gasteiger charge is -2.27. The molecule has 4 aromatic rings. The first kappa shape index (κ1) is 21.7. The Morgan fingerprint density at radius 2 is 1.75 bits per heavy atom. The molecule has 1 aromatic heterocycles. The van der Waals surface area contributed by atoms with Gasteiger partial charge in [-0.25, -0.2) is 8.60 Å². The second-order valence-corrected chi connectivity index (χ2v) is 9.21. The number of nitrogens with one attached hydrogen (secondary N) is 3. The molecule has 0 aliphatic heterocycles. The molecule has 32 heavy (non-hydrogen) atoms. The summed E-state index contributed by atoms with van der Waals surface area (Å²) in [6, 6.07) is 16.6. The van der Waals surface area contributed by atoms with E-state index >= 15 is 0 Å². The highest BCUT2D eigenvalue weighted by molar-refractivity contribution is 7.85. The van der Waals surface area contributed by atoms with Crippen LogP contribution in [0, 0.1) is 5.82 Å². The molecule has 1 unspecified atom stereocenters. The van der Waals surface area contributed by atoms with Crippen LogP contribution in [0.2, 0.25) is 0 Å². The van der Waals surface area contributed by atoms with Crippen LogP contribution in [-0.2, 0) is 16.5 Å². The normalized spacial score (nSPS) is 12.6. The zero-order valence-corrected chi connectivity index (χ0v) is 18.6. The van der Waals surface area contributed by atoms with Crippen molar-refractivity contribution in [3.63, 3.8) is 0 Å². The lowest BCUT2D eigenvalue weighted by Crippen LogP contribution is -2.41. The largest absolute Gasteiger partial charge is 0.354 e. The van der Waals surface area contributed by atoms with Crippen molar-refractivity contribution < 1.29 is 13.4 Å². The first-order valence-corrected chi connectivity index (χ1v) is 11.5. The number of pyridine rings is 1. The summed E-state index contributed by atoms with van der Waals surface area (Å²) in [5, 5.41) is 3.49. The predicted molar refractivity (Wildman–Crippen MR) is 127 cm³/mol. The van der Waals surface area contributed by atoms with Crippen molar-refractivity contribution in [1.82, 2.24) is 10.3 Å². The van der Waals surface area contributed by atoms with Gasteiger partial charge in [0.15, 0.2) is 5.43 Å². The molecule has 1 heterocycles. The number of rotatable bonds is 5. The molecule has 0 aliphatic carbocycles. The van der Waals surface area contributed by atoms with Crippen LogP contribution in [0.15, 0.2) is 65.5 Å². The van der Waals surface area contributed by atoms with Gasteiger partial charge in [0.2, 0.25) is 0 Å². The third-order valence-corrected chi connectivity index (χ3v) is 5.83. The standard InChI is InChI=1S/C24H22FN3O3S/c1-24(2,14-7-6-8-15(11-14)28-32(3)31)27-23(30)17-13-21-18(12-19(17)25)22(29)16-9-4-5-10-20(16)26-21/h4-13,28H,1-3H3,(H,26,29)(H,27,30). The van der Waals surface area contributed by atoms with Crippen molar-refractivity contribution in [2.24, 2.45) is 0 Å². The quantitative estimate of drug-likeness (QED) is 0.398. The third-order valence-electron chi connectivity index (χ3n) is 5.31. The Bertz CT molecular complexity index is 1450. The summed E-state index contributed by atoms with van der Waals surface area (Å²) in [6.07, 6.45) is 1.52. The predicted octanol–water partition coefficient (Wildman–Crippen LogP) is 4.19. The highest BCUT2D eigenvalue weighted by atomic mass is 32.2. The van der Waals surface area contributed by atoms with E-state index < -0.39 is 28.2 Å². The van der Waals surface area contributed by atoms with E-state index in [2.05, 4.69) is 15.0 Å². The van der Waals surface area contributed by atoms with E-state index in [4.69, 9.17) is 0 Å². The third kappa shape index (κ3) is 4.13. The molecule has 0 saturated carbocycles. The molecule has 0 aliphatic rings. The van der Waals surface area contributed by atoms with Crippen LogP contribution in [0.5, 0.6) is 0 Å². The van der Waals surface area contributed by atoms with E-state index in [1.165, 1.54) is 12.3 Å². The molecule has 1 amide bonds.